The monoisotopic (exact) mass is 423 g/mol. The van der Waals surface area contributed by atoms with E-state index < -0.39 is 16.8 Å². The molecular weight excluding hydrogens is 410 g/mol. The summed E-state index contributed by atoms with van der Waals surface area (Å²) < 4.78 is 54.7. The van der Waals surface area contributed by atoms with Crippen LogP contribution in [0.3, 0.4) is 0 Å². The Bertz CT molecular complexity index is 835. The number of rotatable bonds is 8. The number of benzene rings is 1. The van der Waals surface area contributed by atoms with E-state index in [-0.39, 0.29) is 34.6 Å². The average Bonchev–Trinajstić information content (AvgIpc) is 3.01. The summed E-state index contributed by atoms with van der Waals surface area (Å²) in [6.07, 6.45) is -4.71. The van der Waals surface area contributed by atoms with Crippen molar-refractivity contribution in [2.75, 3.05) is 38.8 Å². The van der Waals surface area contributed by atoms with E-state index in [0.29, 0.717) is 25.9 Å². The second kappa shape index (κ2) is 9.28. The van der Waals surface area contributed by atoms with Gasteiger partial charge in [-0.1, -0.05) is 23.2 Å². The zero-order chi connectivity index (χ0) is 20.0. The van der Waals surface area contributed by atoms with Gasteiger partial charge in [-0.3, -0.25) is 0 Å². The summed E-state index contributed by atoms with van der Waals surface area (Å²) in [6, 6.07) is 3.69. The predicted molar refractivity (Wildman–Crippen MR) is 92.9 cm³/mol. The van der Waals surface area contributed by atoms with Crippen LogP contribution in [0, 0.1) is 11.3 Å². The van der Waals surface area contributed by atoms with Crippen molar-refractivity contribution in [3.8, 4) is 17.5 Å². The molecule has 6 nitrogen and oxygen atoms in total. The number of aromatic nitrogens is 1. The molecule has 0 unspecified atom stereocenters. The molecule has 0 amide bonds. The molecule has 1 N–H and O–H groups in total. The number of ether oxygens (including phenoxy) is 2. The van der Waals surface area contributed by atoms with Crippen molar-refractivity contribution in [2.45, 2.75) is 6.18 Å². The minimum absolute atomic E-state index is 0.00700. The van der Waals surface area contributed by atoms with Crippen molar-refractivity contribution < 1.29 is 27.1 Å². The van der Waals surface area contributed by atoms with Gasteiger partial charge in [0.2, 0.25) is 17.5 Å². The minimum Gasteiger partial charge on any atom is -0.419 e. The molecule has 0 aliphatic rings. The number of hydrogen-bond donors (Lipinski definition) is 1. The molecule has 27 heavy (non-hydrogen) atoms. The van der Waals surface area contributed by atoms with Crippen LogP contribution in [-0.2, 0) is 15.7 Å². The van der Waals surface area contributed by atoms with Gasteiger partial charge in [0.05, 0.1) is 36.0 Å². The lowest BCUT2D eigenvalue weighted by Crippen LogP contribution is -2.12. The number of halogens is 5. The van der Waals surface area contributed by atoms with Gasteiger partial charge in [0.25, 0.3) is 0 Å². The lowest BCUT2D eigenvalue weighted by Gasteiger charge is -2.11. The highest BCUT2D eigenvalue weighted by Crippen LogP contribution is 2.42. The van der Waals surface area contributed by atoms with Gasteiger partial charge in [-0.15, -0.1) is 0 Å². The summed E-state index contributed by atoms with van der Waals surface area (Å²) in [5.74, 6) is -0.264. The first-order chi connectivity index (χ1) is 12.8. The third-order valence-electron chi connectivity index (χ3n) is 3.27. The molecule has 1 heterocycles. The molecule has 2 aromatic rings. The molecule has 146 valence electrons. The maximum Gasteiger partial charge on any atom is 0.417 e. The van der Waals surface area contributed by atoms with E-state index in [1.165, 1.54) is 6.07 Å². The average molecular weight is 424 g/mol. The highest BCUT2D eigenvalue weighted by atomic mass is 35.5. The molecule has 0 atom stereocenters. The van der Waals surface area contributed by atoms with Crippen molar-refractivity contribution in [1.82, 2.24) is 4.98 Å². The Hall–Kier alpha value is -1.99. The lowest BCUT2D eigenvalue weighted by atomic mass is 10.1. The highest BCUT2D eigenvalue weighted by molar-refractivity contribution is 6.36. The summed E-state index contributed by atoms with van der Waals surface area (Å²) in [7, 11) is 1.54. The van der Waals surface area contributed by atoms with Crippen molar-refractivity contribution >= 4 is 29.1 Å². The minimum atomic E-state index is -4.71. The molecule has 1 aromatic carbocycles. The fourth-order valence-corrected chi connectivity index (χ4v) is 2.58. The molecule has 1 aromatic heterocycles. The van der Waals surface area contributed by atoms with E-state index in [2.05, 4.69) is 10.3 Å². The van der Waals surface area contributed by atoms with Gasteiger partial charge in [0.1, 0.15) is 6.07 Å². The van der Waals surface area contributed by atoms with Crippen molar-refractivity contribution in [3.63, 3.8) is 0 Å². The third-order valence-corrected chi connectivity index (χ3v) is 3.90. The molecule has 0 aliphatic heterocycles. The summed E-state index contributed by atoms with van der Waals surface area (Å²) in [6.45, 7) is 1.40. The fraction of sp³-hybridized carbons (Fsp3) is 0.375. The summed E-state index contributed by atoms with van der Waals surface area (Å²) in [4.78, 5) is 3.89. The second-order valence-electron chi connectivity index (χ2n) is 5.15. The maximum absolute atomic E-state index is 13.1. The van der Waals surface area contributed by atoms with Crippen LogP contribution < -0.4 is 5.32 Å². The van der Waals surface area contributed by atoms with Gasteiger partial charge in [0.15, 0.2) is 0 Å². The predicted octanol–water partition coefficient (Wildman–Crippen LogP) is 4.61. The Kier molecular flexibility index (Phi) is 7.33. The standard InChI is InChI=1S/C16H14Cl2F3N3O3/c1-25-4-5-26-3-2-23-15-12(8-22)24-14(27-15)10-6-9(17)7-11(13(10)18)16(19,20)21/h6-7,23H,2-5H2,1H3. The van der Waals surface area contributed by atoms with Gasteiger partial charge in [0, 0.05) is 18.7 Å². The second-order valence-corrected chi connectivity index (χ2v) is 5.97. The van der Waals surface area contributed by atoms with Crippen LogP contribution in [0.25, 0.3) is 11.5 Å². The topological polar surface area (TPSA) is 80.3 Å². The first kappa shape index (κ1) is 21.3. The Balaban J connectivity index is 2.24. The van der Waals surface area contributed by atoms with E-state index in [0.717, 1.165) is 0 Å². The maximum atomic E-state index is 13.1. The number of methoxy groups -OCH3 is 1. The fourth-order valence-electron chi connectivity index (χ4n) is 2.06. The number of nitrogens with one attached hydrogen (secondary N) is 1. The molecular formula is C16H14Cl2F3N3O3. The first-order valence-corrected chi connectivity index (χ1v) is 8.31. The van der Waals surface area contributed by atoms with E-state index in [4.69, 9.17) is 42.4 Å². The van der Waals surface area contributed by atoms with Gasteiger partial charge in [-0.05, 0) is 12.1 Å². The van der Waals surface area contributed by atoms with Gasteiger partial charge >= 0.3 is 6.18 Å². The smallest absolute Gasteiger partial charge is 0.417 e. The van der Waals surface area contributed by atoms with Crippen LogP contribution in [0.2, 0.25) is 10.0 Å². The number of oxazole rings is 1. The highest BCUT2D eigenvalue weighted by Gasteiger charge is 2.35. The van der Waals surface area contributed by atoms with Gasteiger partial charge < -0.3 is 19.2 Å². The zero-order valence-electron chi connectivity index (χ0n) is 14.0. The van der Waals surface area contributed by atoms with Crippen LogP contribution in [0.1, 0.15) is 11.3 Å². The molecule has 0 saturated carbocycles. The van der Waals surface area contributed by atoms with Gasteiger partial charge in [-0.2, -0.15) is 23.4 Å². The number of anilines is 1. The normalized spacial score (nSPS) is 11.4. The number of hydrogen-bond acceptors (Lipinski definition) is 6. The SMILES string of the molecule is COCCOCCNc1oc(-c2cc(Cl)cc(C(F)(F)F)c2Cl)nc1C#N. The van der Waals surface area contributed by atoms with Crippen LogP contribution in [0.15, 0.2) is 16.5 Å². The van der Waals surface area contributed by atoms with E-state index >= 15 is 0 Å². The van der Waals surface area contributed by atoms with Crippen molar-refractivity contribution in [1.29, 1.82) is 5.26 Å². The Morgan fingerprint density at radius 2 is 2.00 bits per heavy atom. The Morgan fingerprint density at radius 3 is 2.63 bits per heavy atom. The largest absolute Gasteiger partial charge is 0.419 e. The van der Waals surface area contributed by atoms with E-state index in [1.54, 1.807) is 13.2 Å². The van der Waals surface area contributed by atoms with Crippen LogP contribution in [-0.4, -0.2) is 38.5 Å². The number of alkyl halides is 3. The van der Waals surface area contributed by atoms with Gasteiger partial charge in [-0.25, -0.2) is 0 Å². The molecule has 0 radical (unpaired) electrons. The number of nitrogens with zero attached hydrogens (tertiary/aromatic N) is 2. The molecule has 11 heteroatoms. The molecule has 0 bridgehead atoms. The van der Waals surface area contributed by atoms with Crippen LogP contribution >= 0.6 is 23.2 Å². The number of nitriles is 1. The summed E-state index contributed by atoms with van der Waals surface area (Å²) in [5.41, 5.74) is -1.42. The van der Waals surface area contributed by atoms with Crippen LogP contribution in [0.4, 0.5) is 19.1 Å². The van der Waals surface area contributed by atoms with Crippen LogP contribution in [0.5, 0.6) is 0 Å². The quantitative estimate of drug-likeness (QED) is 0.624. The Morgan fingerprint density at radius 1 is 1.26 bits per heavy atom. The zero-order valence-corrected chi connectivity index (χ0v) is 15.5. The van der Waals surface area contributed by atoms with Crippen molar-refractivity contribution in [3.05, 3.63) is 33.4 Å². The first-order valence-electron chi connectivity index (χ1n) is 7.56. The molecule has 0 fully saturated rings. The molecule has 0 saturated heterocycles. The summed E-state index contributed by atoms with van der Waals surface area (Å²) >= 11 is 11.6. The lowest BCUT2D eigenvalue weighted by molar-refractivity contribution is -0.137. The van der Waals surface area contributed by atoms with E-state index in [9.17, 15) is 13.2 Å². The molecule has 2 rings (SSSR count). The summed E-state index contributed by atoms with van der Waals surface area (Å²) in [5, 5.41) is 11.1. The van der Waals surface area contributed by atoms with E-state index in [1.807, 2.05) is 0 Å². The molecule has 0 spiro atoms. The third kappa shape index (κ3) is 5.49. The molecule has 0 aliphatic carbocycles. The Labute approximate surface area is 162 Å². The van der Waals surface area contributed by atoms with Crippen molar-refractivity contribution in [2.24, 2.45) is 0 Å².